The second kappa shape index (κ2) is 5.73. The molecule has 0 bridgehead atoms. The summed E-state index contributed by atoms with van der Waals surface area (Å²) < 4.78 is 0. The maximum Gasteiger partial charge on any atom is 0.338 e. The van der Waals surface area contributed by atoms with Crippen LogP contribution in [0.2, 0.25) is 0 Å². The van der Waals surface area contributed by atoms with Crippen molar-refractivity contribution < 1.29 is 9.90 Å². The molecule has 0 spiro atoms. The van der Waals surface area contributed by atoms with E-state index in [1.165, 1.54) is 18.1 Å². The lowest BCUT2D eigenvalue weighted by molar-refractivity contribution is 0.0696. The van der Waals surface area contributed by atoms with Crippen LogP contribution in [0.1, 0.15) is 34.8 Å². The summed E-state index contributed by atoms with van der Waals surface area (Å²) in [6, 6.07) is 0. The fraction of sp³-hybridized carbons (Fsp3) is 0.545. The van der Waals surface area contributed by atoms with E-state index in [1.807, 2.05) is 23.5 Å². The van der Waals surface area contributed by atoms with E-state index in [1.54, 1.807) is 0 Å². The number of carbonyl (C=O) groups is 1. The number of hydrogen-bond donors (Lipinski definition) is 1. The molecule has 2 rings (SSSR count). The van der Waals surface area contributed by atoms with Crippen LogP contribution in [0.4, 0.5) is 0 Å². The average Bonchev–Trinajstić information content (AvgIpc) is 2.39. The minimum Gasteiger partial charge on any atom is -0.478 e. The molecule has 1 saturated heterocycles. The van der Waals surface area contributed by atoms with Gasteiger partial charge in [0.15, 0.2) is 0 Å². The summed E-state index contributed by atoms with van der Waals surface area (Å²) in [5.74, 6) is 2.07. The summed E-state index contributed by atoms with van der Waals surface area (Å²) in [6.45, 7) is 2.17. The first-order valence-electron chi connectivity index (χ1n) is 5.50. The van der Waals surface area contributed by atoms with Crippen molar-refractivity contribution in [3.63, 3.8) is 0 Å². The molecule has 4 nitrogen and oxygen atoms in total. The Morgan fingerprint density at radius 3 is 2.65 bits per heavy atom. The predicted octanol–water partition coefficient (Wildman–Crippen LogP) is 2.47. The lowest BCUT2D eigenvalue weighted by Gasteiger charge is -2.28. The Morgan fingerprint density at radius 2 is 2.06 bits per heavy atom. The summed E-state index contributed by atoms with van der Waals surface area (Å²) >= 11 is 3.83. The molecule has 0 aliphatic carbocycles. The van der Waals surface area contributed by atoms with Crippen molar-refractivity contribution in [1.29, 1.82) is 0 Å². The smallest absolute Gasteiger partial charge is 0.338 e. The van der Waals surface area contributed by atoms with E-state index < -0.39 is 5.97 Å². The Kier molecular flexibility index (Phi) is 4.28. The van der Waals surface area contributed by atoms with Gasteiger partial charge >= 0.3 is 5.97 Å². The normalized spacial score (nSPS) is 24.5. The standard InChI is InChI=1S/C11H14N2O2S2/c1-2-8-9(17-4-3-16-8)10-12-5-7(6-13-10)11(14)15/h5-6,8-9H,2-4H2,1H3,(H,14,15). The topological polar surface area (TPSA) is 63.1 Å². The predicted molar refractivity (Wildman–Crippen MR) is 70.7 cm³/mol. The molecule has 1 aromatic rings. The second-order valence-electron chi connectivity index (χ2n) is 3.74. The molecule has 2 unspecified atom stereocenters. The van der Waals surface area contributed by atoms with Crippen LogP contribution in [-0.4, -0.2) is 37.8 Å². The Labute approximate surface area is 109 Å². The van der Waals surface area contributed by atoms with Gasteiger partial charge in [-0.05, 0) is 6.42 Å². The summed E-state index contributed by atoms with van der Waals surface area (Å²) in [7, 11) is 0. The van der Waals surface area contributed by atoms with Crippen molar-refractivity contribution in [3.8, 4) is 0 Å². The third-order valence-corrected chi connectivity index (χ3v) is 5.87. The molecular weight excluding hydrogens is 256 g/mol. The maximum atomic E-state index is 10.7. The molecule has 0 saturated carbocycles. The van der Waals surface area contributed by atoms with Gasteiger partial charge in [0.1, 0.15) is 5.82 Å². The highest BCUT2D eigenvalue weighted by molar-refractivity contribution is 8.06. The summed E-state index contributed by atoms with van der Waals surface area (Å²) in [5.41, 5.74) is 0.148. The van der Waals surface area contributed by atoms with Crippen LogP contribution in [0, 0.1) is 0 Å². The van der Waals surface area contributed by atoms with E-state index in [2.05, 4.69) is 16.9 Å². The van der Waals surface area contributed by atoms with Gasteiger partial charge in [0, 0.05) is 29.1 Å². The molecule has 1 aliphatic heterocycles. The highest BCUT2D eigenvalue weighted by Gasteiger charge is 2.28. The van der Waals surface area contributed by atoms with E-state index in [4.69, 9.17) is 5.11 Å². The van der Waals surface area contributed by atoms with Crippen molar-refractivity contribution in [2.75, 3.05) is 11.5 Å². The van der Waals surface area contributed by atoms with Gasteiger partial charge in [0.05, 0.1) is 10.8 Å². The summed E-state index contributed by atoms with van der Waals surface area (Å²) in [4.78, 5) is 19.1. The first-order valence-corrected chi connectivity index (χ1v) is 7.60. The number of carboxylic acid groups (broad SMARTS) is 1. The Bertz CT molecular complexity index is 397. The second-order valence-corrected chi connectivity index (χ2v) is 6.34. The van der Waals surface area contributed by atoms with Gasteiger partial charge < -0.3 is 5.11 Å². The van der Waals surface area contributed by atoms with Gasteiger partial charge in [-0.3, -0.25) is 0 Å². The van der Waals surface area contributed by atoms with Crippen LogP contribution >= 0.6 is 23.5 Å². The minimum absolute atomic E-state index is 0.148. The number of carboxylic acids is 1. The largest absolute Gasteiger partial charge is 0.478 e. The van der Waals surface area contributed by atoms with Crippen LogP contribution < -0.4 is 0 Å². The van der Waals surface area contributed by atoms with Crippen LogP contribution in [0.15, 0.2) is 12.4 Å². The highest BCUT2D eigenvalue weighted by Crippen LogP contribution is 2.42. The molecule has 2 atom stereocenters. The number of thioether (sulfide) groups is 2. The van der Waals surface area contributed by atoms with Gasteiger partial charge in [0.25, 0.3) is 0 Å². The molecule has 17 heavy (non-hydrogen) atoms. The van der Waals surface area contributed by atoms with Crippen molar-refractivity contribution in [2.45, 2.75) is 23.8 Å². The Hall–Kier alpha value is -0.750. The van der Waals surface area contributed by atoms with Gasteiger partial charge in [0.2, 0.25) is 0 Å². The number of aromatic nitrogens is 2. The molecule has 2 heterocycles. The first kappa shape index (κ1) is 12.7. The lowest BCUT2D eigenvalue weighted by atomic mass is 10.2. The minimum atomic E-state index is -0.978. The zero-order chi connectivity index (χ0) is 12.3. The van der Waals surface area contributed by atoms with E-state index in [9.17, 15) is 4.79 Å². The molecular formula is C11H14N2O2S2. The SMILES string of the molecule is CCC1SCCSC1c1ncc(C(=O)O)cn1. The van der Waals surface area contributed by atoms with E-state index in [0.29, 0.717) is 10.5 Å². The van der Waals surface area contributed by atoms with Gasteiger partial charge in [-0.15, -0.1) is 11.8 Å². The van der Waals surface area contributed by atoms with Gasteiger partial charge in [-0.1, -0.05) is 6.92 Å². The third kappa shape index (κ3) is 2.93. The molecule has 1 N–H and O–H groups in total. The quantitative estimate of drug-likeness (QED) is 0.910. The highest BCUT2D eigenvalue weighted by atomic mass is 32.2. The van der Waals surface area contributed by atoms with Crippen molar-refractivity contribution in [3.05, 3.63) is 23.8 Å². The van der Waals surface area contributed by atoms with Crippen LogP contribution in [0.3, 0.4) is 0 Å². The number of nitrogens with zero attached hydrogens (tertiary/aromatic N) is 2. The summed E-state index contributed by atoms with van der Waals surface area (Å²) in [6.07, 6.45) is 3.89. The molecule has 92 valence electrons. The van der Waals surface area contributed by atoms with Crippen LogP contribution in [0.5, 0.6) is 0 Å². The zero-order valence-corrected chi connectivity index (χ0v) is 11.1. The Balaban J connectivity index is 2.17. The molecule has 1 aliphatic rings. The average molecular weight is 270 g/mol. The Morgan fingerprint density at radius 1 is 1.41 bits per heavy atom. The van der Waals surface area contributed by atoms with E-state index in [0.717, 1.165) is 18.0 Å². The molecule has 0 radical (unpaired) electrons. The van der Waals surface area contributed by atoms with Crippen LogP contribution in [0.25, 0.3) is 0 Å². The zero-order valence-electron chi connectivity index (χ0n) is 9.50. The number of aromatic carboxylic acids is 1. The molecule has 0 amide bonds. The molecule has 1 fully saturated rings. The molecule has 0 aromatic carbocycles. The van der Waals surface area contributed by atoms with E-state index >= 15 is 0 Å². The maximum absolute atomic E-state index is 10.7. The fourth-order valence-electron chi connectivity index (χ4n) is 1.74. The fourth-order valence-corrected chi connectivity index (χ4v) is 4.75. The van der Waals surface area contributed by atoms with Gasteiger partial charge in [-0.2, -0.15) is 11.8 Å². The molecule has 6 heteroatoms. The number of rotatable bonds is 3. The lowest BCUT2D eigenvalue weighted by Crippen LogP contribution is -2.20. The van der Waals surface area contributed by atoms with Gasteiger partial charge in [-0.25, -0.2) is 14.8 Å². The first-order chi connectivity index (χ1) is 8.22. The van der Waals surface area contributed by atoms with Crippen molar-refractivity contribution in [1.82, 2.24) is 9.97 Å². The van der Waals surface area contributed by atoms with Crippen LogP contribution in [-0.2, 0) is 0 Å². The van der Waals surface area contributed by atoms with Crippen molar-refractivity contribution in [2.24, 2.45) is 0 Å². The number of hydrogen-bond acceptors (Lipinski definition) is 5. The third-order valence-electron chi connectivity index (χ3n) is 2.63. The van der Waals surface area contributed by atoms with Crippen molar-refractivity contribution >= 4 is 29.5 Å². The summed E-state index contributed by atoms with van der Waals surface area (Å²) in [5, 5.41) is 9.62. The molecule has 1 aromatic heterocycles. The monoisotopic (exact) mass is 270 g/mol. The van der Waals surface area contributed by atoms with E-state index in [-0.39, 0.29) is 5.56 Å².